The quantitative estimate of drug-likeness (QED) is 0.717. The number of urea groups is 1. The van der Waals surface area contributed by atoms with Crippen LogP contribution in [0.25, 0.3) is 0 Å². The van der Waals surface area contributed by atoms with Crippen molar-refractivity contribution in [3.8, 4) is 5.75 Å². The summed E-state index contributed by atoms with van der Waals surface area (Å²) in [7, 11) is 3.34. The van der Waals surface area contributed by atoms with E-state index in [1.165, 1.54) is 0 Å². The lowest BCUT2D eigenvalue weighted by atomic mass is 10.0. The molecule has 2 N–H and O–H groups in total. The molecule has 0 fully saturated rings. The molecule has 9 nitrogen and oxygen atoms in total. The molecule has 0 aliphatic carbocycles. The van der Waals surface area contributed by atoms with E-state index in [4.69, 9.17) is 9.47 Å². The number of benzene rings is 1. The topological polar surface area (TPSA) is 100 Å². The summed E-state index contributed by atoms with van der Waals surface area (Å²) in [5.41, 5.74) is 0.939. The van der Waals surface area contributed by atoms with Gasteiger partial charge in [0.15, 0.2) is 0 Å². The van der Waals surface area contributed by atoms with E-state index >= 15 is 0 Å². The van der Waals surface area contributed by atoms with Crippen molar-refractivity contribution in [3.63, 3.8) is 0 Å². The van der Waals surface area contributed by atoms with Gasteiger partial charge in [0.25, 0.3) is 5.91 Å². The Kier molecular flexibility index (Phi) is 9.52. The van der Waals surface area contributed by atoms with Gasteiger partial charge < -0.3 is 29.9 Å². The molecule has 33 heavy (non-hydrogen) atoms. The monoisotopic (exact) mass is 462 g/mol. The van der Waals surface area contributed by atoms with E-state index in [0.29, 0.717) is 36.5 Å². The number of nitrogens with one attached hydrogen (secondary N) is 2. The number of carbonyl (C=O) groups is 3. The van der Waals surface area contributed by atoms with Crippen molar-refractivity contribution in [1.29, 1.82) is 0 Å². The lowest BCUT2D eigenvalue weighted by molar-refractivity contribution is -0.115. The second-order valence-electron chi connectivity index (χ2n) is 8.97. The van der Waals surface area contributed by atoms with E-state index in [1.54, 1.807) is 49.1 Å². The summed E-state index contributed by atoms with van der Waals surface area (Å²) in [5, 5.41) is 5.76. The van der Waals surface area contributed by atoms with Crippen molar-refractivity contribution in [1.82, 2.24) is 15.1 Å². The van der Waals surface area contributed by atoms with Crippen molar-refractivity contribution >= 4 is 23.5 Å². The second-order valence-corrected chi connectivity index (χ2v) is 8.97. The van der Waals surface area contributed by atoms with Crippen LogP contribution in [0.2, 0.25) is 0 Å². The van der Waals surface area contributed by atoms with E-state index in [-0.39, 0.29) is 48.6 Å². The third-order valence-electron chi connectivity index (χ3n) is 5.72. The maximum absolute atomic E-state index is 13.2. The van der Waals surface area contributed by atoms with Gasteiger partial charge in [-0.15, -0.1) is 0 Å². The van der Waals surface area contributed by atoms with Gasteiger partial charge in [-0.25, -0.2) is 4.79 Å². The minimum absolute atomic E-state index is 0.00486. The third kappa shape index (κ3) is 7.08. The molecular weight excluding hydrogens is 424 g/mol. The van der Waals surface area contributed by atoms with Gasteiger partial charge in [0.05, 0.1) is 17.7 Å². The minimum Gasteiger partial charge on any atom is -0.491 e. The molecule has 1 aliphatic heterocycles. The van der Waals surface area contributed by atoms with Crippen LogP contribution in [0.5, 0.6) is 5.75 Å². The minimum atomic E-state index is -0.266. The van der Waals surface area contributed by atoms with Crippen LogP contribution in [0.15, 0.2) is 18.2 Å². The zero-order chi connectivity index (χ0) is 24.7. The highest BCUT2D eigenvalue weighted by Crippen LogP contribution is 2.27. The average Bonchev–Trinajstić information content (AvgIpc) is 2.77. The van der Waals surface area contributed by atoms with Crippen LogP contribution >= 0.6 is 0 Å². The Bertz CT molecular complexity index is 844. The molecule has 0 bridgehead atoms. The molecule has 1 aromatic carbocycles. The maximum Gasteiger partial charge on any atom is 0.317 e. The maximum atomic E-state index is 13.2. The number of nitrogens with zero attached hydrogens (tertiary/aromatic N) is 2. The lowest BCUT2D eigenvalue weighted by Gasteiger charge is -2.36. The van der Waals surface area contributed by atoms with Crippen LogP contribution in [-0.4, -0.2) is 79.7 Å². The molecule has 0 saturated carbocycles. The molecule has 9 heteroatoms. The van der Waals surface area contributed by atoms with Gasteiger partial charge in [-0.1, -0.05) is 13.8 Å². The number of methoxy groups -OCH3 is 1. The Morgan fingerprint density at radius 2 is 1.94 bits per heavy atom. The molecular formula is C24H38N4O5. The van der Waals surface area contributed by atoms with Crippen LogP contribution in [0.3, 0.4) is 0 Å². The van der Waals surface area contributed by atoms with E-state index in [2.05, 4.69) is 10.6 Å². The van der Waals surface area contributed by atoms with Crippen LogP contribution in [0, 0.1) is 5.92 Å². The van der Waals surface area contributed by atoms with E-state index in [1.807, 2.05) is 27.7 Å². The summed E-state index contributed by atoms with van der Waals surface area (Å²) in [4.78, 5) is 41.4. The standard InChI is InChI=1S/C24H38N4O5/c1-8-22(29)26-18-9-10-19-20(11-18)33-14-17(5)28(24(31)25-15(2)3)12-16(4)21(32-7)13-27(6)23(19)30/h9-11,15-17,21H,8,12-14H2,1-7H3,(H,25,31)(H,26,29)/t16-,17+,21+/m0/s1. The van der Waals surface area contributed by atoms with Gasteiger partial charge in [-0.2, -0.15) is 0 Å². The molecule has 184 valence electrons. The second kappa shape index (κ2) is 11.9. The zero-order valence-corrected chi connectivity index (χ0v) is 20.8. The number of hydrogen-bond donors (Lipinski definition) is 2. The molecule has 1 heterocycles. The Balaban J connectivity index is 2.44. The first-order valence-corrected chi connectivity index (χ1v) is 11.5. The fourth-order valence-corrected chi connectivity index (χ4v) is 3.71. The number of hydrogen-bond acceptors (Lipinski definition) is 5. The number of fused-ring (bicyclic) bond motifs is 1. The van der Waals surface area contributed by atoms with Crippen molar-refractivity contribution in [2.45, 2.75) is 59.2 Å². The molecule has 0 spiro atoms. The Morgan fingerprint density at radius 1 is 1.24 bits per heavy atom. The van der Waals surface area contributed by atoms with Gasteiger partial charge in [0.2, 0.25) is 5.91 Å². The smallest absolute Gasteiger partial charge is 0.317 e. The van der Waals surface area contributed by atoms with Gasteiger partial charge in [-0.3, -0.25) is 9.59 Å². The van der Waals surface area contributed by atoms with E-state index < -0.39 is 0 Å². The molecule has 3 atom stereocenters. The largest absolute Gasteiger partial charge is 0.491 e. The van der Waals surface area contributed by atoms with E-state index in [0.717, 1.165) is 0 Å². The highest BCUT2D eigenvalue weighted by atomic mass is 16.5. The predicted molar refractivity (Wildman–Crippen MR) is 128 cm³/mol. The summed E-state index contributed by atoms with van der Waals surface area (Å²) >= 11 is 0. The van der Waals surface area contributed by atoms with Crippen LogP contribution in [-0.2, 0) is 9.53 Å². The Labute approximate surface area is 196 Å². The van der Waals surface area contributed by atoms with Crippen LogP contribution < -0.4 is 15.4 Å². The number of likely N-dealkylation sites (N-methyl/N-ethyl adjacent to an activating group) is 1. The lowest BCUT2D eigenvalue weighted by Crippen LogP contribution is -2.52. The first kappa shape index (κ1) is 26.4. The molecule has 0 saturated heterocycles. The zero-order valence-electron chi connectivity index (χ0n) is 20.8. The highest BCUT2D eigenvalue weighted by Gasteiger charge is 2.30. The number of carbonyl (C=O) groups excluding carboxylic acids is 3. The van der Waals surface area contributed by atoms with Gasteiger partial charge in [0, 0.05) is 57.4 Å². The summed E-state index contributed by atoms with van der Waals surface area (Å²) in [6.45, 7) is 10.5. The van der Waals surface area contributed by atoms with Crippen LogP contribution in [0.4, 0.5) is 10.5 Å². The Morgan fingerprint density at radius 3 is 2.55 bits per heavy atom. The first-order valence-electron chi connectivity index (χ1n) is 11.5. The van der Waals surface area contributed by atoms with E-state index in [9.17, 15) is 14.4 Å². The number of amides is 4. The first-order chi connectivity index (χ1) is 15.6. The molecule has 0 unspecified atom stereocenters. The molecule has 0 aromatic heterocycles. The average molecular weight is 463 g/mol. The molecule has 2 rings (SSSR count). The number of rotatable bonds is 4. The fraction of sp³-hybridized carbons (Fsp3) is 0.625. The fourth-order valence-electron chi connectivity index (χ4n) is 3.71. The summed E-state index contributed by atoms with van der Waals surface area (Å²) < 4.78 is 11.8. The predicted octanol–water partition coefficient (Wildman–Crippen LogP) is 2.96. The van der Waals surface area contributed by atoms with Crippen LogP contribution in [0.1, 0.15) is 51.4 Å². The van der Waals surface area contributed by atoms with Crippen molar-refractivity contribution < 1.29 is 23.9 Å². The van der Waals surface area contributed by atoms with Crippen molar-refractivity contribution in [2.24, 2.45) is 5.92 Å². The van der Waals surface area contributed by atoms with Crippen molar-refractivity contribution in [2.75, 3.05) is 39.2 Å². The van der Waals surface area contributed by atoms with Crippen molar-refractivity contribution in [3.05, 3.63) is 23.8 Å². The SMILES string of the molecule is CCC(=O)Nc1ccc2c(c1)OC[C@@H](C)N(C(=O)NC(C)C)C[C@H](C)[C@H](OC)CN(C)C2=O. The molecule has 4 amide bonds. The number of ether oxygens (including phenoxy) is 2. The highest BCUT2D eigenvalue weighted by molar-refractivity contribution is 5.98. The number of anilines is 1. The molecule has 1 aromatic rings. The summed E-state index contributed by atoms with van der Waals surface area (Å²) in [6.07, 6.45) is 0.0834. The van der Waals surface area contributed by atoms with Gasteiger partial charge >= 0.3 is 6.03 Å². The third-order valence-corrected chi connectivity index (χ3v) is 5.72. The Hall–Kier alpha value is -2.81. The molecule has 1 aliphatic rings. The van der Waals surface area contributed by atoms with Gasteiger partial charge in [0.1, 0.15) is 12.4 Å². The summed E-state index contributed by atoms with van der Waals surface area (Å²) in [6, 6.07) is 4.56. The molecule has 0 radical (unpaired) electrons. The summed E-state index contributed by atoms with van der Waals surface area (Å²) in [5.74, 6) is 0.0131. The van der Waals surface area contributed by atoms with Gasteiger partial charge in [-0.05, 0) is 32.9 Å². The normalized spacial score (nSPS) is 22.1.